The predicted octanol–water partition coefficient (Wildman–Crippen LogP) is 5.52. The van der Waals surface area contributed by atoms with Crippen LogP contribution in [0.15, 0.2) is 12.1 Å². The number of carbonyl (C=O) groups excluding carboxylic acids is 2. The summed E-state index contributed by atoms with van der Waals surface area (Å²) in [6.45, 7) is 21.7. The van der Waals surface area contributed by atoms with Gasteiger partial charge in [0.25, 0.3) is 0 Å². The molecule has 1 unspecified atom stereocenters. The van der Waals surface area contributed by atoms with Crippen LogP contribution in [0.5, 0.6) is 0 Å². The Morgan fingerprint density at radius 2 is 1.58 bits per heavy atom. The maximum absolute atomic E-state index is 13.2. The first kappa shape index (κ1) is 29.1. The number of hydrogen-bond donors (Lipinski definition) is 2. The number of hydrogen-bond acceptors (Lipinski definition) is 8. The van der Waals surface area contributed by atoms with Gasteiger partial charge in [0.1, 0.15) is 5.60 Å². The molecule has 0 spiro atoms. The zero-order valence-corrected chi connectivity index (χ0v) is 23.6. The highest BCUT2D eigenvalue weighted by molar-refractivity contribution is 5.91. The molecule has 200 valence electrons. The van der Waals surface area contributed by atoms with Crippen molar-refractivity contribution in [3.05, 3.63) is 29.1 Å². The molecule has 0 aliphatic rings. The maximum atomic E-state index is 13.2. The average molecular weight is 503 g/mol. The summed E-state index contributed by atoms with van der Waals surface area (Å²) in [6, 6.07) is 2.68. The Labute approximate surface area is 214 Å². The Kier molecular flexibility index (Phi) is 8.75. The lowest BCUT2D eigenvalue weighted by molar-refractivity contribution is -0.144. The number of esters is 1. The van der Waals surface area contributed by atoms with Gasteiger partial charge in [-0.05, 0) is 101 Å². The second-order valence-electron chi connectivity index (χ2n) is 11.9. The van der Waals surface area contributed by atoms with Gasteiger partial charge in [-0.25, -0.2) is 14.3 Å². The van der Waals surface area contributed by atoms with E-state index in [0.717, 1.165) is 17.5 Å². The zero-order chi connectivity index (χ0) is 27.5. The van der Waals surface area contributed by atoms with Crippen LogP contribution in [0.3, 0.4) is 0 Å². The number of benzene rings is 1. The van der Waals surface area contributed by atoms with E-state index in [1.165, 1.54) is 0 Å². The molecule has 10 nitrogen and oxygen atoms in total. The lowest BCUT2D eigenvalue weighted by Crippen LogP contribution is -2.37. The van der Waals surface area contributed by atoms with Gasteiger partial charge in [0, 0.05) is 0 Å². The maximum Gasteiger partial charge on any atom is 0.412 e. The van der Waals surface area contributed by atoms with E-state index < -0.39 is 29.2 Å². The van der Waals surface area contributed by atoms with Crippen LogP contribution < -0.4 is 10.6 Å². The minimum atomic E-state index is -1.01. The molecular formula is C26H42N6O4. The SMILES string of the molecule is CCOC(=O)C(Nc1cc(C)c(C)cc1NC(=O)OC(C)(C)C)c1nnnn1C(C)(C)CC(C)(C)C. The first-order chi connectivity index (χ1) is 16.4. The Morgan fingerprint density at radius 1 is 1.00 bits per heavy atom. The summed E-state index contributed by atoms with van der Waals surface area (Å²) in [5, 5.41) is 18.4. The van der Waals surface area contributed by atoms with Crippen LogP contribution in [0.2, 0.25) is 0 Å². The summed E-state index contributed by atoms with van der Waals surface area (Å²) >= 11 is 0. The van der Waals surface area contributed by atoms with Crippen molar-refractivity contribution in [3.8, 4) is 0 Å². The minimum absolute atomic E-state index is 0.00184. The lowest BCUT2D eigenvalue weighted by atomic mass is 9.82. The van der Waals surface area contributed by atoms with Crippen LogP contribution in [0.25, 0.3) is 0 Å². The first-order valence-electron chi connectivity index (χ1n) is 12.3. The highest BCUT2D eigenvalue weighted by Gasteiger charge is 2.36. The third kappa shape index (κ3) is 7.93. The summed E-state index contributed by atoms with van der Waals surface area (Å²) in [4.78, 5) is 25.7. The molecule has 0 aliphatic carbocycles. The van der Waals surface area contributed by atoms with E-state index >= 15 is 0 Å². The third-order valence-electron chi connectivity index (χ3n) is 5.38. The Hall–Kier alpha value is -3.17. The smallest absolute Gasteiger partial charge is 0.412 e. The zero-order valence-electron chi connectivity index (χ0n) is 23.6. The largest absolute Gasteiger partial charge is 0.464 e. The van der Waals surface area contributed by atoms with E-state index in [-0.39, 0.29) is 12.0 Å². The van der Waals surface area contributed by atoms with Crippen molar-refractivity contribution in [2.24, 2.45) is 5.41 Å². The molecule has 0 saturated carbocycles. The van der Waals surface area contributed by atoms with Crippen LogP contribution in [0.4, 0.5) is 16.2 Å². The van der Waals surface area contributed by atoms with Crippen molar-refractivity contribution in [3.63, 3.8) is 0 Å². The molecular weight excluding hydrogens is 460 g/mol. The second-order valence-corrected chi connectivity index (χ2v) is 11.9. The molecule has 0 bridgehead atoms. The van der Waals surface area contributed by atoms with E-state index in [4.69, 9.17) is 9.47 Å². The molecule has 1 aromatic carbocycles. The molecule has 0 radical (unpaired) electrons. The number of aryl methyl sites for hydroxylation is 2. The van der Waals surface area contributed by atoms with Gasteiger partial charge in [0.15, 0.2) is 11.9 Å². The highest BCUT2D eigenvalue weighted by Crippen LogP contribution is 2.35. The summed E-state index contributed by atoms with van der Waals surface area (Å²) in [5.41, 5.74) is 1.78. The molecule has 10 heteroatoms. The molecule has 1 aromatic heterocycles. The van der Waals surface area contributed by atoms with Crippen LogP contribution in [-0.4, -0.2) is 44.5 Å². The van der Waals surface area contributed by atoms with Gasteiger partial charge in [-0.2, -0.15) is 0 Å². The van der Waals surface area contributed by atoms with Crippen molar-refractivity contribution in [2.45, 2.75) is 99.8 Å². The number of amides is 1. The van der Waals surface area contributed by atoms with Crippen molar-refractivity contribution < 1.29 is 19.1 Å². The number of nitrogens with one attached hydrogen (secondary N) is 2. The molecule has 2 rings (SSSR count). The highest BCUT2D eigenvalue weighted by atomic mass is 16.6. The molecule has 0 aliphatic heterocycles. The van der Waals surface area contributed by atoms with Crippen molar-refractivity contribution in [1.29, 1.82) is 0 Å². The monoisotopic (exact) mass is 502 g/mol. The van der Waals surface area contributed by atoms with Crippen molar-refractivity contribution in [1.82, 2.24) is 20.2 Å². The summed E-state index contributed by atoms with van der Waals surface area (Å²) in [6.07, 6.45) is 0.167. The topological polar surface area (TPSA) is 120 Å². The minimum Gasteiger partial charge on any atom is -0.464 e. The quantitative estimate of drug-likeness (QED) is 0.452. The molecule has 2 aromatic rings. The van der Waals surface area contributed by atoms with Crippen LogP contribution in [0.1, 0.15) is 91.7 Å². The number of tetrazole rings is 1. The molecule has 36 heavy (non-hydrogen) atoms. The predicted molar refractivity (Wildman–Crippen MR) is 140 cm³/mol. The lowest BCUT2D eigenvalue weighted by Gasteiger charge is -2.33. The Balaban J connectivity index is 2.54. The Bertz CT molecular complexity index is 1080. The van der Waals surface area contributed by atoms with Gasteiger partial charge in [-0.15, -0.1) is 5.10 Å². The van der Waals surface area contributed by atoms with Gasteiger partial charge < -0.3 is 14.8 Å². The molecule has 2 N–H and O–H groups in total. The van der Waals surface area contributed by atoms with Crippen molar-refractivity contribution in [2.75, 3.05) is 17.2 Å². The number of nitrogens with zero attached hydrogens (tertiary/aromatic N) is 4. The molecule has 1 heterocycles. The van der Waals surface area contributed by atoms with E-state index in [1.807, 2.05) is 39.8 Å². The Morgan fingerprint density at radius 3 is 2.11 bits per heavy atom. The summed E-state index contributed by atoms with van der Waals surface area (Å²) in [7, 11) is 0. The second kappa shape index (κ2) is 10.8. The number of anilines is 2. The van der Waals surface area contributed by atoms with Crippen LogP contribution in [0, 0.1) is 19.3 Å². The molecule has 1 amide bonds. The fourth-order valence-corrected chi connectivity index (χ4v) is 4.24. The molecule has 0 fully saturated rings. The number of carbonyl (C=O) groups is 2. The van der Waals surface area contributed by atoms with E-state index in [9.17, 15) is 9.59 Å². The fourth-order valence-electron chi connectivity index (χ4n) is 4.24. The third-order valence-corrected chi connectivity index (χ3v) is 5.38. The first-order valence-corrected chi connectivity index (χ1v) is 12.3. The standard InChI is InChI=1S/C26H42N6O4/c1-12-35-22(33)20(21-29-30-31-32(21)26(10,11)15-24(4,5)6)27-18-13-16(2)17(3)14-19(18)28-23(34)36-25(7,8)9/h13-14,20,27H,12,15H2,1-11H3,(H,28,34). The molecule has 0 saturated heterocycles. The van der Waals surface area contributed by atoms with E-state index in [2.05, 4.69) is 46.9 Å². The van der Waals surface area contributed by atoms with Crippen LogP contribution in [-0.2, 0) is 19.8 Å². The van der Waals surface area contributed by atoms with Gasteiger partial charge in [-0.1, -0.05) is 20.8 Å². The van der Waals surface area contributed by atoms with Gasteiger partial charge in [0.2, 0.25) is 0 Å². The number of ether oxygens (including phenoxy) is 2. The number of rotatable bonds is 8. The van der Waals surface area contributed by atoms with E-state index in [1.54, 1.807) is 32.4 Å². The van der Waals surface area contributed by atoms with E-state index in [0.29, 0.717) is 17.2 Å². The number of aromatic nitrogens is 4. The van der Waals surface area contributed by atoms with Crippen LogP contribution >= 0.6 is 0 Å². The normalized spacial score (nSPS) is 13.2. The van der Waals surface area contributed by atoms with Crippen molar-refractivity contribution >= 4 is 23.4 Å². The summed E-state index contributed by atoms with van der Waals surface area (Å²) in [5.74, 6) is -0.203. The van der Waals surface area contributed by atoms with Gasteiger partial charge in [-0.3, -0.25) is 5.32 Å². The summed E-state index contributed by atoms with van der Waals surface area (Å²) < 4.78 is 12.5. The van der Waals surface area contributed by atoms with Gasteiger partial charge in [0.05, 0.1) is 23.5 Å². The average Bonchev–Trinajstić information content (AvgIpc) is 3.17. The molecule has 1 atom stereocenters. The van der Waals surface area contributed by atoms with Gasteiger partial charge >= 0.3 is 12.1 Å². The fraction of sp³-hybridized carbons (Fsp3) is 0.654.